The molecule has 0 unspecified atom stereocenters. The molecular formula is C15H19BrFNO2. The van der Waals surface area contributed by atoms with E-state index in [-0.39, 0.29) is 24.2 Å². The average Bonchev–Trinajstić information content (AvgIpc) is 2.44. The molecule has 5 heteroatoms. The second-order valence-electron chi connectivity index (χ2n) is 4.63. The first-order valence-corrected chi connectivity index (χ1v) is 7.28. The predicted molar refractivity (Wildman–Crippen MR) is 80.8 cm³/mol. The van der Waals surface area contributed by atoms with Crippen molar-refractivity contribution in [3.8, 4) is 0 Å². The predicted octanol–water partition coefficient (Wildman–Crippen LogP) is 2.82. The Morgan fingerprint density at radius 1 is 1.55 bits per heavy atom. The number of hydrogen-bond donors (Lipinski definition) is 2. The zero-order chi connectivity index (χ0) is 15.0. The van der Waals surface area contributed by atoms with E-state index in [1.165, 1.54) is 6.07 Å². The first kappa shape index (κ1) is 16.9. The van der Waals surface area contributed by atoms with E-state index in [9.17, 15) is 14.3 Å². The smallest absolute Gasteiger partial charge is 0.220 e. The summed E-state index contributed by atoms with van der Waals surface area (Å²) in [6.45, 7) is 3.93. The molecule has 1 rings (SSSR count). The Bertz CT molecular complexity index is 465. The van der Waals surface area contributed by atoms with E-state index in [4.69, 9.17) is 0 Å². The van der Waals surface area contributed by atoms with Crippen LogP contribution >= 0.6 is 15.9 Å². The van der Waals surface area contributed by atoms with Gasteiger partial charge in [0.15, 0.2) is 0 Å². The number of rotatable bonds is 8. The van der Waals surface area contributed by atoms with Crippen LogP contribution in [0.25, 0.3) is 0 Å². The molecule has 110 valence electrons. The fraction of sp³-hybridized carbons (Fsp3) is 0.400. The molecule has 0 aliphatic rings. The van der Waals surface area contributed by atoms with Gasteiger partial charge in [-0.25, -0.2) is 4.39 Å². The van der Waals surface area contributed by atoms with Gasteiger partial charge in [0.05, 0.1) is 4.47 Å². The van der Waals surface area contributed by atoms with Crippen molar-refractivity contribution in [2.45, 2.75) is 19.3 Å². The Hall–Kier alpha value is -1.20. The lowest BCUT2D eigenvalue weighted by atomic mass is 10.00. The number of nitrogens with one attached hydrogen (secondary N) is 1. The molecule has 0 radical (unpaired) electrons. The number of carbonyl (C=O) groups excluding carboxylic acids is 1. The third-order valence-electron chi connectivity index (χ3n) is 2.93. The van der Waals surface area contributed by atoms with Gasteiger partial charge in [-0.05, 0) is 46.5 Å². The van der Waals surface area contributed by atoms with Crippen molar-refractivity contribution in [3.63, 3.8) is 0 Å². The molecule has 1 atom stereocenters. The maximum Gasteiger partial charge on any atom is 0.220 e. The van der Waals surface area contributed by atoms with Gasteiger partial charge in [-0.2, -0.15) is 0 Å². The number of aliphatic hydroxyl groups is 1. The maximum absolute atomic E-state index is 13.1. The van der Waals surface area contributed by atoms with Gasteiger partial charge in [0.25, 0.3) is 0 Å². The summed E-state index contributed by atoms with van der Waals surface area (Å²) in [5.74, 6) is -0.448. The van der Waals surface area contributed by atoms with Crippen LogP contribution in [0.2, 0.25) is 0 Å². The third-order valence-corrected chi connectivity index (χ3v) is 3.54. The lowest BCUT2D eigenvalue weighted by Crippen LogP contribution is -2.31. The highest BCUT2D eigenvalue weighted by Crippen LogP contribution is 2.18. The molecule has 1 aromatic carbocycles. The first-order chi connectivity index (χ1) is 9.56. The van der Waals surface area contributed by atoms with Crippen molar-refractivity contribution in [2.24, 2.45) is 5.92 Å². The Balaban J connectivity index is 2.48. The molecule has 0 saturated heterocycles. The second-order valence-corrected chi connectivity index (χ2v) is 5.49. The van der Waals surface area contributed by atoms with Gasteiger partial charge >= 0.3 is 0 Å². The van der Waals surface area contributed by atoms with Crippen molar-refractivity contribution >= 4 is 21.8 Å². The Morgan fingerprint density at radius 2 is 2.30 bits per heavy atom. The summed E-state index contributed by atoms with van der Waals surface area (Å²) in [4.78, 5) is 11.5. The van der Waals surface area contributed by atoms with Crippen molar-refractivity contribution in [1.29, 1.82) is 0 Å². The van der Waals surface area contributed by atoms with E-state index in [2.05, 4.69) is 27.8 Å². The lowest BCUT2D eigenvalue weighted by Gasteiger charge is -2.15. The van der Waals surface area contributed by atoms with Crippen molar-refractivity contribution in [3.05, 3.63) is 46.7 Å². The highest BCUT2D eigenvalue weighted by Gasteiger charge is 2.11. The summed E-state index contributed by atoms with van der Waals surface area (Å²) >= 11 is 3.13. The second kappa shape index (κ2) is 8.87. The van der Waals surface area contributed by atoms with Gasteiger partial charge in [0.1, 0.15) is 5.82 Å². The number of aliphatic hydroxyl groups excluding tert-OH is 1. The number of benzene rings is 1. The normalized spacial score (nSPS) is 11.9. The lowest BCUT2D eigenvalue weighted by molar-refractivity contribution is -0.121. The molecule has 0 aliphatic carbocycles. The van der Waals surface area contributed by atoms with E-state index in [0.29, 0.717) is 30.3 Å². The minimum atomic E-state index is -0.313. The molecule has 0 heterocycles. The molecule has 1 amide bonds. The van der Waals surface area contributed by atoms with Crippen LogP contribution in [0.5, 0.6) is 0 Å². The van der Waals surface area contributed by atoms with Crippen LogP contribution in [0, 0.1) is 11.7 Å². The minimum absolute atomic E-state index is 0.0310. The number of amides is 1. The van der Waals surface area contributed by atoms with Gasteiger partial charge < -0.3 is 10.4 Å². The average molecular weight is 344 g/mol. The Labute approximate surface area is 127 Å². The molecule has 0 bridgehead atoms. The molecule has 0 fully saturated rings. The summed E-state index contributed by atoms with van der Waals surface area (Å²) < 4.78 is 13.5. The zero-order valence-corrected chi connectivity index (χ0v) is 12.8. The maximum atomic E-state index is 13.1. The van der Waals surface area contributed by atoms with Crippen molar-refractivity contribution in [2.75, 3.05) is 13.2 Å². The number of carbonyl (C=O) groups is 1. The van der Waals surface area contributed by atoms with Gasteiger partial charge in [-0.15, -0.1) is 6.58 Å². The van der Waals surface area contributed by atoms with Gasteiger partial charge in [-0.3, -0.25) is 4.79 Å². The molecule has 2 N–H and O–H groups in total. The van der Waals surface area contributed by atoms with E-state index in [1.54, 1.807) is 18.2 Å². The number of allylic oxidation sites excluding steroid dienone is 1. The van der Waals surface area contributed by atoms with Crippen LogP contribution in [0.4, 0.5) is 4.39 Å². The monoisotopic (exact) mass is 343 g/mol. The molecular weight excluding hydrogens is 325 g/mol. The first-order valence-electron chi connectivity index (χ1n) is 6.49. The van der Waals surface area contributed by atoms with Gasteiger partial charge in [0, 0.05) is 25.5 Å². The molecule has 20 heavy (non-hydrogen) atoms. The van der Waals surface area contributed by atoms with Gasteiger partial charge in [0.2, 0.25) is 5.91 Å². The largest absolute Gasteiger partial charge is 0.396 e. The quantitative estimate of drug-likeness (QED) is 0.713. The molecule has 0 aliphatic heterocycles. The molecule has 0 saturated carbocycles. The van der Waals surface area contributed by atoms with Crippen LogP contribution in [-0.4, -0.2) is 24.2 Å². The summed E-state index contributed by atoms with van der Waals surface area (Å²) in [6, 6.07) is 4.76. The third kappa shape index (κ3) is 5.84. The Kier molecular flexibility index (Phi) is 7.47. The summed E-state index contributed by atoms with van der Waals surface area (Å²) in [6.07, 6.45) is 3.32. The van der Waals surface area contributed by atoms with E-state index in [1.807, 2.05) is 0 Å². The topological polar surface area (TPSA) is 49.3 Å². The van der Waals surface area contributed by atoms with E-state index < -0.39 is 0 Å². The molecule has 0 spiro atoms. The minimum Gasteiger partial charge on any atom is -0.396 e. The van der Waals surface area contributed by atoms with Crippen LogP contribution < -0.4 is 5.32 Å². The van der Waals surface area contributed by atoms with E-state index in [0.717, 1.165) is 5.56 Å². The Morgan fingerprint density at radius 3 is 2.90 bits per heavy atom. The molecule has 1 aromatic rings. The molecule has 3 nitrogen and oxygen atoms in total. The van der Waals surface area contributed by atoms with Crippen molar-refractivity contribution < 1.29 is 14.3 Å². The fourth-order valence-electron chi connectivity index (χ4n) is 1.78. The summed E-state index contributed by atoms with van der Waals surface area (Å²) in [7, 11) is 0. The summed E-state index contributed by atoms with van der Waals surface area (Å²) in [5, 5.41) is 12.1. The number of hydrogen-bond acceptors (Lipinski definition) is 2. The fourth-order valence-corrected chi connectivity index (χ4v) is 2.21. The van der Waals surface area contributed by atoms with Gasteiger partial charge in [-0.1, -0.05) is 12.1 Å². The van der Waals surface area contributed by atoms with E-state index >= 15 is 0 Å². The van der Waals surface area contributed by atoms with Crippen LogP contribution in [0.15, 0.2) is 35.3 Å². The highest BCUT2D eigenvalue weighted by molar-refractivity contribution is 9.10. The van der Waals surface area contributed by atoms with Crippen molar-refractivity contribution in [1.82, 2.24) is 5.32 Å². The highest BCUT2D eigenvalue weighted by atomic mass is 79.9. The SMILES string of the molecule is C=CCCC(=O)NC[C@H](CO)Cc1ccc(F)c(Br)c1. The zero-order valence-electron chi connectivity index (χ0n) is 11.2. The number of halogens is 2. The summed E-state index contributed by atoms with van der Waals surface area (Å²) in [5.41, 5.74) is 0.915. The van der Waals surface area contributed by atoms with Crippen LogP contribution in [0.1, 0.15) is 18.4 Å². The van der Waals surface area contributed by atoms with Crippen LogP contribution in [-0.2, 0) is 11.2 Å². The van der Waals surface area contributed by atoms with Crippen LogP contribution in [0.3, 0.4) is 0 Å². The molecule has 0 aromatic heterocycles. The standard InChI is InChI=1S/C15H19BrFNO2/c1-2-3-4-15(20)18-9-12(10-19)7-11-5-6-14(17)13(16)8-11/h2,5-6,8,12,19H,1,3-4,7,9-10H2,(H,18,20)/t12-/m1/s1.